The first kappa shape index (κ1) is 10.8. The lowest BCUT2D eigenvalue weighted by Gasteiger charge is -2.12. The predicted molar refractivity (Wildman–Crippen MR) is 62.9 cm³/mol. The number of hydrogen-bond donors (Lipinski definition) is 1. The minimum atomic E-state index is -0.200. The van der Waals surface area contributed by atoms with Gasteiger partial charge in [-0.25, -0.2) is 0 Å². The maximum Gasteiger partial charge on any atom is 0.0759 e. The van der Waals surface area contributed by atoms with Crippen LogP contribution < -0.4 is 5.73 Å². The van der Waals surface area contributed by atoms with Crippen molar-refractivity contribution >= 4 is 0 Å². The summed E-state index contributed by atoms with van der Waals surface area (Å²) in [6.07, 6.45) is 5.55. The van der Waals surface area contributed by atoms with Crippen LogP contribution in [0.5, 0.6) is 0 Å². The summed E-state index contributed by atoms with van der Waals surface area (Å²) in [7, 11) is 1.88. The highest BCUT2D eigenvalue weighted by molar-refractivity contribution is 5.31. The fourth-order valence-corrected chi connectivity index (χ4v) is 1.81. The van der Waals surface area contributed by atoms with E-state index in [1.54, 1.807) is 10.9 Å². The Morgan fingerprint density at radius 2 is 2.06 bits per heavy atom. The largest absolute Gasteiger partial charge is 0.319 e. The zero-order valence-electron chi connectivity index (χ0n) is 9.81. The minimum Gasteiger partial charge on any atom is -0.319 e. The molecule has 0 radical (unpaired) electrons. The van der Waals surface area contributed by atoms with Crippen molar-refractivity contribution in [1.82, 2.24) is 14.8 Å². The molecule has 16 heavy (non-hydrogen) atoms. The van der Waals surface area contributed by atoms with Gasteiger partial charge >= 0.3 is 0 Å². The molecule has 0 saturated carbocycles. The van der Waals surface area contributed by atoms with Gasteiger partial charge in [-0.1, -0.05) is 6.07 Å². The standard InChI is InChI=1S/C12H16N4/c1-8-4-9(2)12(14-5-8)11(13)10-6-15-16(3)7-10/h4-7,11H,13H2,1-3H3. The van der Waals surface area contributed by atoms with Crippen molar-refractivity contribution in [2.45, 2.75) is 19.9 Å². The van der Waals surface area contributed by atoms with Gasteiger partial charge in [0.25, 0.3) is 0 Å². The predicted octanol–water partition coefficient (Wildman–Crippen LogP) is 1.48. The Labute approximate surface area is 95.1 Å². The summed E-state index contributed by atoms with van der Waals surface area (Å²) in [6, 6.07) is 1.90. The average molecular weight is 216 g/mol. The van der Waals surface area contributed by atoms with E-state index in [1.807, 2.05) is 33.3 Å². The molecule has 0 saturated heterocycles. The van der Waals surface area contributed by atoms with Crippen molar-refractivity contribution in [3.8, 4) is 0 Å². The molecule has 0 aromatic carbocycles. The van der Waals surface area contributed by atoms with E-state index in [4.69, 9.17) is 5.73 Å². The van der Waals surface area contributed by atoms with E-state index in [2.05, 4.69) is 16.1 Å². The van der Waals surface area contributed by atoms with Gasteiger partial charge < -0.3 is 5.73 Å². The summed E-state index contributed by atoms with van der Waals surface area (Å²) in [5.41, 5.74) is 10.3. The Balaban J connectivity index is 2.37. The molecule has 2 N–H and O–H groups in total. The molecular weight excluding hydrogens is 200 g/mol. The van der Waals surface area contributed by atoms with E-state index < -0.39 is 0 Å². The number of pyridine rings is 1. The van der Waals surface area contributed by atoms with Crippen LogP contribution >= 0.6 is 0 Å². The SMILES string of the molecule is Cc1cnc(C(N)c2cnn(C)c2)c(C)c1. The van der Waals surface area contributed by atoms with Gasteiger partial charge in [-0.05, 0) is 25.0 Å². The lowest BCUT2D eigenvalue weighted by molar-refractivity contribution is 0.763. The average Bonchev–Trinajstić information content (AvgIpc) is 2.64. The third-order valence-electron chi connectivity index (χ3n) is 2.63. The summed E-state index contributed by atoms with van der Waals surface area (Å²) < 4.78 is 1.75. The van der Waals surface area contributed by atoms with Gasteiger partial charge in [0.2, 0.25) is 0 Å². The first-order valence-corrected chi connectivity index (χ1v) is 5.25. The van der Waals surface area contributed by atoms with Crippen LogP contribution in [0.3, 0.4) is 0 Å². The lowest BCUT2D eigenvalue weighted by atomic mass is 10.0. The van der Waals surface area contributed by atoms with Crippen molar-refractivity contribution in [3.63, 3.8) is 0 Å². The number of nitrogens with two attached hydrogens (primary N) is 1. The van der Waals surface area contributed by atoms with Crippen LogP contribution in [0.4, 0.5) is 0 Å². The normalized spacial score (nSPS) is 12.8. The number of aromatic nitrogens is 3. The van der Waals surface area contributed by atoms with E-state index in [-0.39, 0.29) is 6.04 Å². The zero-order chi connectivity index (χ0) is 11.7. The van der Waals surface area contributed by atoms with Gasteiger partial charge in [0, 0.05) is 25.0 Å². The van der Waals surface area contributed by atoms with Crippen molar-refractivity contribution in [1.29, 1.82) is 0 Å². The summed E-state index contributed by atoms with van der Waals surface area (Å²) in [4.78, 5) is 4.40. The smallest absolute Gasteiger partial charge is 0.0759 e. The second-order valence-electron chi connectivity index (χ2n) is 4.14. The second kappa shape index (κ2) is 4.06. The molecule has 84 valence electrons. The third kappa shape index (κ3) is 1.97. The Morgan fingerprint density at radius 1 is 1.31 bits per heavy atom. The van der Waals surface area contributed by atoms with Gasteiger partial charge in [0.05, 0.1) is 17.9 Å². The van der Waals surface area contributed by atoms with Crippen LogP contribution in [-0.2, 0) is 7.05 Å². The van der Waals surface area contributed by atoms with Crippen LogP contribution in [0.1, 0.15) is 28.4 Å². The molecule has 0 aliphatic heterocycles. The molecule has 0 amide bonds. The quantitative estimate of drug-likeness (QED) is 0.827. The van der Waals surface area contributed by atoms with Gasteiger partial charge in [0.1, 0.15) is 0 Å². The van der Waals surface area contributed by atoms with E-state index in [9.17, 15) is 0 Å². The Kier molecular flexibility index (Phi) is 2.75. The molecule has 1 unspecified atom stereocenters. The Morgan fingerprint density at radius 3 is 2.62 bits per heavy atom. The van der Waals surface area contributed by atoms with Crippen LogP contribution in [0.2, 0.25) is 0 Å². The van der Waals surface area contributed by atoms with Crippen LogP contribution in [0.25, 0.3) is 0 Å². The van der Waals surface area contributed by atoms with E-state index in [0.29, 0.717) is 0 Å². The molecule has 0 fully saturated rings. The second-order valence-corrected chi connectivity index (χ2v) is 4.14. The first-order valence-electron chi connectivity index (χ1n) is 5.25. The summed E-state index contributed by atoms with van der Waals surface area (Å²) in [5, 5.41) is 4.12. The molecule has 0 bridgehead atoms. The molecule has 0 aliphatic rings. The maximum atomic E-state index is 6.16. The molecule has 2 heterocycles. The summed E-state index contributed by atoms with van der Waals surface area (Å²) >= 11 is 0. The number of rotatable bonds is 2. The highest BCUT2D eigenvalue weighted by atomic mass is 15.2. The number of hydrogen-bond acceptors (Lipinski definition) is 3. The van der Waals surface area contributed by atoms with Crippen LogP contribution in [0, 0.1) is 13.8 Å². The van der Waals surface area contributed by atoms with Crippen LogP contribution in [0.15, 0.2) is 24.7 Å². The fourth-order valence-electron chi connectivity index (χ4n) is 1.81. The highest BCUT2D eigenvalue weighted by Gasteiger charge is 2.14. The molecule has 2 rings (SSSR count). The zero-order valence-corrected chi connectivity index (χ0v) is 9.81. The molecule has 2 aromatic rings. The number of aryl methyl sites for hydroxylation is 3. The van der Waals surface area contributed by atoms with Gasteiger partial charge in [-0.15, -0.1) is 0 Å². The summed E-state index contributed by atoms with van der Waals surface area (Å²) in [6.45, 7) is 4.06. The molecular formula is C12H16N4. The van der Waals surface area contributed by atoms with Crippen molar-refractivity contribution in [2.75, 3.05) is 0 Å². The van der Waals surface area contributed by atoms with Crippen molar-refractivity contribution in [2.24, 2.45) is 12.8 Å². The third-order valence-corrected chi connectivity index (χ3v) is 2.63. The monoisotopic (exact) mass is 216 g/mol. The molecule has 2 aromatic heterocycles. The highest BCUT2D eigenvalue weighted by Crippen LogP contribution is 2.20. The van der Waals surface area contributed by atoms with Gasteiger partial charge in [-0.2, -0.15) is 5.10 Å². The molecule has 4 nitrogen and oxygen atoms in total. The molecule has 0 aliphatic carbocycles. The van der Waals surface area contributed by atoms with Crippen LogP contribution in [-0.4, -0.2) is 14.8 Å². The van der Waals surface area contributed by atoms with Gasteiger partial charge in [-0.3, -0.25) is 9.67 Å². The first-order chi connectivity index (χ1) is 7.58. The Hall–Kier alpha value is -1.68. The van der Waals surface area contributed by atoms with Gasteiger partial charge in [0.15, 0.2) is 0 Å². The Bertz CT molecular complexity index is 501. The molecule has 1 atom stereocenters. The molecule has 4 heteroatoms. The minimum absolute atomic E-state index is 0.200. The van der Waals surface area contributed by atoms with Crippen molar-refractivity contribution < 1.29 is 0 Å². The van der Waals surface area contributed by atoms with E-state index in [1.165, 1.54) is 0 Å². The summed E-state index contributed by atoms with van der Waals surface area (Å²) in [5.74, 6) is 0. The lowest BCUT2D eigenvalue weighted by Crippen LogP contribution is -2.14. The number of nitrogens with zero attached hydrogens (tertiary/aromatic N) is 3. The van der Waals surface area contributed by atoms with E-state index in [0.717, 1.165) is 22.4 Å². The topological polar surface area (TPSA) is 56.7 Å². The van der Waals surface area contributed by atoms with Crippen molar-refractivity contribution in [3.05, 3.63) is 47.0 Å². The van der Waals surface area contributed by atoms with E-state index >= 15 is 0 Å². The molecule has 0 spiro atoms. The maximum absolute atomic E-state index is 6.16. The fraction of sp³-hybridized carbons (Fsp3) is 0.333.